The molecule has 1 heterocycles. The summed E-state index contributed by atoms with van der Waals surface area (Å²) < 4.78 is 5.09. The van der Waals surface area contributed by atoms with E-state index in [1.54, 1.807) is 32.9 Å². The third-order valence-corrected chi connectivity index (χ3v) is 2.25. The van der Waals surface area contributed by atoms with Crippen LogP contribution in [0.4, 0.5) is 4.79 Å². The second-order valence-corrected chi connectivity index (χ2v) is 5.24. The van der Waals surface area contributed by atoms with Crippen molar-refractivity contribution in [2.75, 3.05) is 6.54 Å². The Bertz CT molecular complexity index is 480. The maximum Gasteiger partial charge on any atom is 0.407 e. The van der Waals surface area contributed by atoms with Crippen molar-refractivity contribution in [3.8, 4) is 0 Å². The number of rotatable bonds is 5. The summed E-state index contributed by atoms with van der Waals surface area (Å²) in [7, 11) is 0. The van der Waals surface area contributed by atoms with Crippen LogP contribution in [0.15, 0.2) is 12.1 Å². The molecule has 1 N–H and O–H groups in total. The van der Waals surface area contributed by atoms with E-state index in [0.717, 1.165) is 5.56 Å². The van der Waals surface area contributed by atoms with Crippen LogP contribution >= 0.6 is 0 Å². The summed E-state index contributed by atoms with van der Waals surface area (Å²) in [5, 5.41) is 2.60. The van der Waals surface area contributed by atoms with Gasteiger partial charge in [0.05, 0.1) is 0 Å². The number of amides is 1. The Labute approximate surface area is 117 Å². The van der Waals surface area contributed by atoms with Crippen LogP contribution in [-0.4, -0.2) is 35.8 Å². The molecule has 108 valence electrons. The van der Waals surface area contributed by atoms with Crippen molar-refractivity contribution in [1.29, 1.82) is 0 Å². The first-order chi connectivity index (χ1) is 9.34. The fourth-order valence-corrected chi connectivity index (χ4v) is 1.52. The molecule has 0 spiro atoms. The van der Waals surface area contributed by atoms with Crippen molar-refractivity contribution in [3.05, 3.63) is 29.1 Å². The van der Waals surface area contributed by atoms with Gasteiger partial charge >= 0.3 is 6.09 Å². The highest BCUT2D eigenvalue weighted by Crippen LogP contribution is 2.07. The maximum absolute atomic E-state index is 11.4. The van der Waals surface area contributed by atoms with E-state index in [1.807, 2.05) is 0 Å². The zero-order chi connectivity index (χ0) is 15.2. The van der Waals surface area contributed by atoms with E-state index >= 15 is 0 Å². The molecule has 0 saturated carbocycles. The summed E-state index contributed by atoms with van der Waals surface area (Å²) in [6.45, 7) is 5.68. The monoisotopic (exact) mass is 278 g/mol. The van der Waals surface area contributed by atoms with Gasteiger partial charge in [-0.15, -0.1) is 0 Å². The van der Waals surface area contributed by atoms with Gasteiger partial charge in [0.1, 0.15) is 17.0 Å². The zero-order valence-corrected chi connectivity index (χ0v) is 11.8. The van der Waals surface area contributed by atoms with Gasteiger partial charge in [0.2, 0.25) is 0 Å². The molecule has 0 bridgehead atoms. The number of aromatic nitrogens is 1. The number of carbonyl (C=O) groups excluding carboxylic acids is 3. The van der Waals surface area contributed by atoms with Crippen molar-refractivity contribution in [2.24, 2.45) is 0 Å². The summed E-state index contributed by atoms with van der Waals surface area (Å²) in [6, 6.07) is 3.16. The Balaban J connectivity index is 2.55. The highest BCUT2D eigenvalue weighted by Gasteiger charge is 2.15. The normalized spacial score (nSPS) is 10.8. The Morgan fingerprint density at radius 1 is 1.25 bits per heavy atom. The average Bonchev–Trinajstić information content (AvgIpc) is 2.36. The van der Waals surface area contributed by atoms with E-state index in [-0.39, 0.29) is 11.4 Å². The quantitative estimate of drug-likeness (QED) is 0.830. The van der Waals surface area contributed by atoms with E-state index in [4.69, 9.17) is 4.74 Å². The number of hydrogen-bond donors (Lipinski definition) is 1. The predicted octanol–water partition coefficient (Wildman–Crippen LogP) is 1.77. The molecule has 1 rings (SSSR count). The number of carbonyl (C=O) groups is 3. The number of hydrogen-bond acceptors (Lipinski definition) is 5. The third kappa shape index (κ3) is 5.60. The lowest BCUT2D eigenvalue weighted by molar-refractivity contribution is 0.0528. The van der Waals surface area contributed by atoms with Crippen molar-refractivity contribution in [3.63, 3.8) is 0 Å². The maximum atomic E-state index is 11.4. The first-order valence-electron chi connectivity index (χ1n) is 6.22. The predicted molar refractivity (Wildman–Crippen MR) is 73.0 cm³/mol. The minimum absolute atomic E-state index is 0.196. The van der Waals surface area contributed by atoms with Crippen LogP contribution in [0.5, 0.6) is 0 Å². The second-order valence-electron chi connectivity index (χ2n) is 5.24. The Hall–Kier alpha value is -2.24. The molecular formula is C14H18N2O4. The largest absolute Gasteiger partial charge is 0.444 e. The number of nitrogens with one attached hydrogen (secondary N) is 1. The molecule has 0 fully saturated rings. The second kappa shape index (κ2) is 6.79. The van der Waals surface area contributed by atoms with Crippen molar-refractivity contribution >= 4 is 18.7 Å². The molecule has 1 amide bonds. The van der Waals surface area contributed by atoms with Gasteiger partial charge < -0.3 is 10.1 Å². The van der Waals surface area contributed by atoms with Crippen molar-refractivity contribution in [1.82, 2.24) is 10.3 Å². The molecule has 0 aliphatic carbocycles. The van der Waals surface area contributed by atoms with Crippen LogP contribution < -0.4 is 5.32 Å². The van der Waals surface area contributed by atoms with Gasteiger partial charge in [-0.25, -0.2) is 9.78 Å². The minimum atomic E-state index is -0.546. The van der Waals surface area contributed by atoms with Crippen molar-refractivity contribution in [2.45, 2.75) is 32.8 Å². The zero-order valence-electron chi connectivity index (χ0n) is 11.8. The highest BCUT2D eigenvalue weighted by atomic mass is 16.6. The number of alkyl carbamates (subject to hydrolysis) is 1. The standard InChI is InChI=1S/C14H18N2O4/c1-14(2,3)20-13(19)15-5-4-10-6-11(8-17)16-12(7-10)9-18/h6-9H,4-5H2,1-3H3,(H,15,19). The molecule has 0 aliphatic heterocycles. The van der Waals surface area contributed by atoms with Crippen molar-refractivity contribution < 1.29 is 19.1 Å². The summed E-state index contributed by atoms with van der Waals surface area (Å²) in [4.78, 5) is 36.6. The van der Waals surface area contributed by atoms with Gasteiger partial charge in [0.25, 0.3) is 0 Å². The topological polar surface area (TPSA) is 85.4 Å². The molecule has 6 nitrogen and oxygen atoms in total. The lowest BCUT2D eigenvalue weighted by atomic mass is 10.1. The fraction of sp³-hybridized carbons (Fsp3) is 0.429. The van der Waals surface area contributed by atoms with Gasteiger partial charge in [0, 0.05) is 6.54 Å². The van der Waals surface area contributed by atoms with Gasteiger partial charge in [-0.2, -0.15) is 0 Å². The summed E-state index contributed by atoms with van der Waals surface area (Å²) >= 11 is 0. The number of pyridine rings is 1. The van der Waals surface area contributed by atoms with E-state index in [2.05, 4.69) is 10.3 Å². The van der Waals surface area contributed by atoms with Crippen LogP contribution in [-0.2, 0) is 11.2 Å². The lowest BCUT2D eigenvalue weighted by Crippen LogP contribution is -2.33. The molecule has 0 unspecified atom stereocenters. The molecule has 0 aliphatic rings. The molecule has 0 radical (unpaired) electrons. The molecule has 0 aromatic carbocycles. The van der Waals surface area contributed by atoms with Crippen LogP contribution in [0.2, 0.25) is 0 Å². The molecule has 1 aromatic heterocycles. The first kappa shape index (κ1) is 15.8. The summed E-state index contributed by atoms with van der Waals surface area (Å²) in [6.07, 6.45) is 1.14. The lowest BCUT2D eigenvalue weighted by Gasteiger charge is -2.19. The Morgan fingerprint density at radius 2 is 1.80 bits per heavy atom. The molecular weight excluding hydrogens is 260 g/mol. The fourth-order valence-electron chi connectivity index (χ4n) is 1.52. The van der Waals surface area contributed by atoms with E-state index in [0.29, 0.717) is 25.5 Å². The minimum Gasteiger partial charge on any atom is -0.444 e. The summed E-state index contributed by atoms with van der Waals surface area (Å²) in [5.74, 6) is 0. The first-order valence-corrected chi connectivity index (χ1v) is 6.22. The molecule has 1 aromatic rings. The number of aldehydes is 2. The highest BCUT2D eigenvalue weighted by molar-refractivity contribution is 5.77. The third-order valence-electron chi connectivity index (χ3n) is 2.25. The smallest absolute Gasteiger partial charge is 0.407 e. The van der Waals surface area contributed by atoms with Gasteiger partial charge in [-0.05, 0) is 44.9 Å². The van der Waals surface area contributed by atoms with Gasteiger partial charge in [0.15, 0.2) is 12.6 Å². The van der Waals surface area contributed by atoms with E-state index in [9.17, 15) is 14.4 Å². The number of nitrogens with zero attached hydrogens (tertiary/aromatic N) is 1. The molecule has 0 saturated heterocycles. The Kier molecular flexibility index (Phi) is 5.37. The Morgan fingerprint density at radius 3 is 2.25 bits per heavy atom. The average molecular weight is 278 g/mol. The SMILES string of the molecule is CC(C)(C)OC(=O)NCCc1cc(C=O)nc(C=O)c1. The van der Waals surface area contributed by atoms with E-state index < -0.39 is 11.7 Å². The van der Waals surface area contributed by atoms with Crippen LogP contribution in [0.1, 0.15) is 47.3 Å². The molecule has 6 heteroatoms. The molecule has 20 heavy (non-hydrogen) atoms. The van der Waals surface area contributed by atoms with Crippen LogP contribution in [0.3, 0.4) is 0 Å². The van der Waals surface area contributed by atoms with E-state index in [1.165, 1.54) is 0 Å². The number of ether oxygens (including phenoxy) is 1. The summed E-state index contributed by atoms with van der Waals surface area (Å²) in [5.41, 5.74) is 0.597. The van der Waals surface area contributed by atoms with Gasteiger partial charge in [-0.3, -0.25) is 9.59 Å². The molecule has 0 atom stereocenters. The van der Waals surface area contributed by atoms with Crippen LogP contribution in [0.25, 0.3) is 0 Å². The van der Waals surface area contributed by atoms with Gasteiger partial charge in [-0.1, -0.05) is 0 Å². The van der Waals surface area contributed by atoms with Crippen LogP contribution in [0, 0.1) is 0 Å².